The molecule has 3 heteroatoms. The molecule has 1 atom stereocenters. The van der Waals surface area contributed by atoms with E-state index in [1.54, 1.807) is 0 Å². The molecule has 0 aliphatic carbocycles. The first-order chi connectivity index (χ1) is 6.67. The molecule has 1 unspecified atom stereocenters. The second-order valence-corrected chi connectivity index (χ2v) is 3.13. The summed E-state index contributed by atoms with van der Waals surface area (Å²) in [5.41, 5.74) is 0.411. The molecule has 1 aromatic rings. The molecule has 1 rings (SSSR count). The molecule has 0 aliphatic rings. The lowest BCUT2D eigenvalue weighted by Gasteiger charge is -2.04. The van der Waals surface area contributed by atoms with Crippen LogP contribution in [0.4, 0.5) is 8.78 Å². The lowest BCUT2D eigenvalue weighted by atomic mass is 10.0. The van der Waals surface area contributed by atoms with E-state index in [9.17, 15) is 8.78 Å². The number of halogens is 2. The minimum Gasteiger partial charge on any atom is -0.313 e. The maximum Gasteiger partial charge on any atom is 0.227 e. The van der Waals surface area contributed by atoms with Crippen LogP contribution in [0.2, 0.25) is 0 Å². The average Bonchev–Trinajstić information content (AvgIpc) is 2.17. The van der Waals surface area contributed by atoms with Crippen molar-refractivity contribution < 1.29 is 8.78 Å². The van der Waals surface area contributed by atoms with Gasteiger partial charge in [0.05, 0.1) is 6.42 Å². The molecule has 0 aromatic heterocycles. The van der Waals surface area contributed by atoms with Crippen LogP contribution in [-0.4, -0.2) is 6.04 Å². The number of hydrogen-bond acceptors (Lipinski definition) is 0. The third-order valence-corrected chi connectivity index (χ3v) is 2.12. The molecular weight excluding hydrogens is 184 g/mol. The molecule has 0 spiro atoms. The van der Waals surface area contributed by atoms with Gasteiger partial charge in [-0.2, -0.15) is 0 Å². The lowest BCUT2D eigenvalue weighted by molar-refractivity contribution is 0.565. The van der Waals surface area contributed by atoms with Crippen molar-refractivity contribution in [2.75, 3.05) is 0 Å². The molecule has 1 aromatic carbocycles. The zero-order valence-corrected chi connectivity index (χ0v) is 7.93. The highest BCUT2D eigenvalue weighted by Gasteiger charge is 2.13. The fourth-order valence-electron chi connectivity index (χ4n) is 1.22. The van der Waals surface area contributed by atoms with Gasteiger partial charge in [0.1, 0.15) is 11.6 Å². The van der Waals surface area contributed by atoms with Gasteiger partial charge >= 0.3 is 0 Å². The average molecular weight is 195 g/mol. The van der Waals surface area contributed by atoms with Crippen LogP contribution in [0.1, 0.15) is 18.9 Å². The van der Waals surface area contributed by atoms with Gasteiger partial charge in [-0.15, -0.1) is 0 Å². The first-order valence-corrected chi connectivity index (χ1v) is 4.47. The van der Waals surface area contributed by atoms with Gasteiger partial charge in [-0.3, -0.25) is 0 Å². The summed E-state index contributed by atoms with van der Waals surface area (Å²) in [7, 11) is 0. The van der Waals surface area contributed by atoms with Crippen molar-refractivity contribution in [1.82, 2.24) is 0 Å². The molecule has 0 radical (unpaired) electrons. The second-order valence-electron chi connectivity index (χ2n) is 3.13. The molecular formula is C11H11F2N. The van der Waals surface area contributed by atoms with Crippen LogP contribution in [0.25, 0.3) is 4.85 Å². The van der Waals surface area contributed by atoms with Crippen molar-refractivity contribution in [3.05, 3.63) is 46.8 Å². The summed E-state index contributed by atoms with van der Waals surface area (Å²) in [6, 6.07) is 3.26. The molecule has 1 nitrogen and oxygen atoms in total. The van der Waals surface area contributed by atoms with Gasteiger partial charge in [-0.1, -0.05) is 13.0 Å². The Balaban J connectivity index is 2.82. The van der Waals surface area contributed by atoms with Crippen molar-refractivity contribution in [2.24, 2.45) is 0 Å². The van der Waals surface area contributed by atoms with E-state index in [1.165, 1.54) is 12.1 Å². The fraction of sp³-hybridized carbons (Fsp3) is 0.364. The Labute approximate surface area is 82.2 Å². The van der Waals surface area contributed by atoms with Gasteiger partial charge < -0.3 is 4.85 Å². The summed E-state index contributed by atoms with van der Waals surface area (Å²) in [4.78, 5) is 3.35. The molecule has 0 amide bonds. The third-order valence-electron chi connectivity index (χ3n) is 2.12. The van der Waals surface area contributed by atoms with E-state index in [0.29, 0.717) is 18.4 Å². The van der Waals surface area contributed by atoms with Crippen molar-refractivity contribution in [2.45, 2.75) is 25.8 Å². The topological polar surface area (TPSA) is 4.36 Å². The molecule has 0 saturated heterocycles. The van der Waals surface area contributed by atoms with Crippen LogP contribution in [0.15, 0.2) is 18.2 Å². The van der Waals surface area contributed by atoms with Crippen molar-refractivity contribution in [3.8, 4) is 0 Å². The molecule has 74 valence electrons. The molecule has 0 aliphatic heterocycles. The summed E-state index contributed by atoms with van der Waals surface area (Å²) in [5.74, 6) is -1.14. The maximum absolute atomic E-state index is 13.1. The summed E-state index contributed by atoms with van der Waals surface area (Å²) in [6.45, 7) is 8.73. The van der Waals surface area contributed by atoms with E-state index in [1.807, 2.05) is 6.92 Å². The van der Waals surface area contributed by atoms with Crippen molar-refractivity contribution >= 4 is 0 Å². The SMILES string of the molecule is [C-]#[N+]C(CC)Cc1ccc(F)cc1F. The Hall–Kier alpha value is -1.43. The van der Waals surface area contributed by atoms with Crippen molar-refractivity contribution in [3.63, 3.8) is 0 Å². The van der Waals surface area contributed by atoms with Crippen LogP contribution < -0.4 is 0 Å². The highest BCUT2D eigenvalue weighted by molar-refractivity contribution is 5.20. The first kappa shape index (κ1) is 10.6. The minimum absolute atomic E-state index is 0.213. The maximum atomic E-state index is 13.1. The fourth-order valence-corrected chi connectivity index (χ4v) is 1.22. The standard InChI is InChI=1S/C11H11F2N/c1-3-10(14-2)6-8-4-5-9(12)7-11(8)13/h4-5,7,10H,3,6H2,1H3. The monoisotopic (exact) mass is 195 g/mol. The van der Waals surface area contributed by atoms with Gasteiger partial charge in [0.2, 0.25) is 6.04 Å². The number of nitrogens with zero attached hydrogens (tertiary/aromatic N) is 1. The van der Waals surface area contributed by atoms with Gasteiger partial charge in [0.15, 0.2) is 0 Å². The van der Waals surface area contributed by atoms with E-state index >= 15 is 0 Å². The van der Waals surface area contributed by atoms with E-state index in [0.717, 1.165) is 6.07 Å². The van der Waals surface area contributed by atoms with E-state index < -0.39 is 11.6 Å². The first-order valence-electron chi connectivity index (χ1n) is 4.47. The largest absolute Gasteiger partial charge is 0.313 e. The number of benzene rings is 1. The number of hydrogen-bond donors (Lipinski definition) is 0. The van der Waals surface area contributed by atoms with Crippen LogP contribution in [0.3, 0.4) is 0 Å². The Morgan fingerprint density at radius 3 is 2.64 bits per heavy atom. The Morgan fingerprint density at radius 1 is 1.43 bits per heavy atom. The van der Waals surface area contributed by atoms with Crippen LogP contribution in [0, 0.1) is 18.2 Å². The van der Waals surface area contributed by atoms with Gasteiger partial charge in [-0.25, -0.2) is 15.4 Å². The zero-order chi connectivity index (χ0) is 10.6. The Morgan fingerprint density at radius 2 is 2.14 bits per heavy atom. The molecule has 0 heterocycles. The summed E-state index contributed by atoms with van der Waals surface area (Å²) >= 11 is 0. The van der Waals surface area contributed by atoms with E-state index in [2.05, 4.69) is 4.85 Å². The minimum atomic E-state index is -0.581. The molecule has 0 fully saturated rings. The lowest BCUT2D eigenvalue weighted by Crippen LogP contribution is -2.06. The van der Waals surface area contributed by atoms with Gasteiger partial charge in [-0.05, 0) is 11.6 Å². The summed E-state index contributed by atoms with van der Waals surface area (Å²) < 4.78 is 25.7. The van der Waals surface area contributed by atoms with E-state index in [4.69, 9.17) is 6.57 Å². The van der Waals surface area contributed by atoms with Gasteiger partial charge in [0.25, 0.3) is 0 Å². The Kier molecular flexibility index (Phi) is 3.58. The molecule has 0 N–H and O–H groups in total. The molecule has 0 saturated carbocycles. The quantitative estimate of drug-likeness (QED) is 0.652. The predicted molar refractivity (Wildman–Crippen MR) is 50.7 cm³/mol. The van der Waals surface area contributed by atoms with Crippen molar-refractivity contribution in [1.29, 1.82) is 0 Å². The Bertz CT molecular complexity index is 355. The van der Waals surface area contributed by atoms with Crippen LogP contribution in [-0.2, 0) is 6.42 Å². The highest BCUT2D eigenvalue weighted by Crippen LogP contribution is 2.14. The zero-order valence-electron chi connectivity index (χ0n) is 7.93. The van der Waals surface area contributed by atoms with Crippen LogP contribution >= 0.6 is 0 Å². The third kappa shape index (κ3) is 2.53. The highest BCUT2D eigenvalue weighted by atomic mass is 19.1. The smallest absolute Gasteiger partial charge is 0.227 e. The summed E-state index contributed by atoms with van der Waals surface area (Å²) in [5, 5.41) is 0. The molecule has 0 bridgehead atoms. The summed E-state index contributed by atoms with van der Waals surface area (Å²) in [6.07, 6.45) is 1.03. The van der Waals surface area contributed by atoms with Crippen LogP contribution in [0.5, 0.6) is 0 Å². The predicted octanol–water partition coefficient (Wildman–Crippen LogP) is 3.21. The van der Waals surface area contributed by atoms with E-state index in [-0.39, 0.29) is 6.04 Å². The second kappa shape index (κ2) is 4.71. The molecule has 14 heavy (non-hydrogen) atoms. The van der Waals surface area contributed by atoms with Gasteiger partial charge in [0, 0.05) is 12.5 Å². The number of rotatable bonds is 3. The normalized spacial score (nSPS) is 12.1.